The molecule has 2 saturated heterocycles. The molecule has 3 aliphatic rings. The van der Waals surface area contributed by atoms with E-state index < -0.39 is 5.60 Å². The van der Waals surface area contributed by atoms with Crippen molar-refractivity contribution in [1.29, 1.82) is 5.26 Å². The molecule has 5 rings (SSSR count). The molecule has 2 aliphatic heterocycles. The fraction of sp³-hybridized carbons (Fsp3) is 0.458. The van der Waals surface area contributed by atoms with E-state index in [-0.39, 0.29) is 30.4 Å². The minimum atomic E-state index is -0.690. The fourth-order valence-electron chi connectivity index (χ4n) is 5.15. The van der Waals surface area contributed by atoms with Gasteiger partial charge < -0.3 is 14.5 Å². The van der Waals surface area contributed by atoms with Crippen LogP contribution in [0.1, 0.15) is 37.3 Å². The zero-order valence-corrected chi connectivity index (χ0v) is 19.4. The lowest BCUT2D eigenvalue weighted by Gasteiger charge is -2.42. The van der Waals surface area contributed by atoms with Crippen LogP contribution in [0.15, 0.2) is 41.0 Å². The number of ether oxygens (including phenoxy) is 1. The van der Waals surface area contributed by atoms with Gasteiger partial charge >= 0.3 is 0 Å². The first kappa shape index (κ1) is 21.4. The van der Waals surface area contributed by atoms with E-state index in [2.05, 4.69) is 38.8 Å². The van der Waals surface area contributed by atoms with Crippen LogP contribution in [0.4, 0.5) is 10.2 Å². The normalized spacial score (nSPS) is 25.5. The molecular formula is C24H24BrFN4O2. The van der Waals surface area contributed by atoms with Crippen molar-refractivity contribution in [3.8, 4) is 6.07 Å². The largest absolute Gasteiger partial charge is 0.360 e. The third-order valence-corrected chi connectivity index (χ3v) is 7.62. The maximum Gasteiger partial charge on any atom is 0.248 e. The highest BCUT2D eigenvalue weighted by atomic mass is 79.9. The number of carbonyl (C=O) groups excluding carboxylic acids is 1. The standard InChI is InChI=1S/C24H24BrFN4O2/c1-15-9-17-12-29(13-20(15)30(17)21-6-5-16(10-27)11-28-21)22(31)14-32-24(7-8-24)18-3-2-4-19(25)23(18)26/h2-6,11,15,17,20H,7-9,12-14H2,1H3/t15-,17?,20?/m0/s1. The molecule has 1 amide bonds. The van der Waals surface area contributed by atoms with E-state index in [4.69, 9.17) is 10.00 Å². The number of likely N-dealkylation sites (tertiary alicyclic amines) is 1. The third-order valence-electron chi connectivity index (χ3n) is 7.00. The van der Waals surface area contributed by atoms with Crippen LogP contribution in [-0.2, 0) is 15.1 Å². The number of pyridine rings is 1. The maximum absolute atomic E-state index is 14.6. The molecule has 32 heavy (non-hydrogen) atoms. The first-order valence-electron chi connectivity index (χ1n) is 10.9. The molecule has 166 valence electrons. The fourth-order valence-corrected chi connectivity index (χ4v) is 5.51. The summed E-state index contributed by atoms with van der Waals surface area (Å²) < 4.78 is 21.0. The second-order valence-electron chi connectivity index (χ2n) is 9.04. The number of amides is 1. The molecule has 2 aromatic rings. The van der Waals surface area contributed by atoms with Crippen LogP contribution in [0.25, 0.3) is 0 Å². The van der Waals surface area contributed by atoms with Gasteiger partial charge in [0.2, 0.25) is 5.91 Å². The first-order valence-corrected chi connectivity index (χ1v) is 11.7. The highest BCUT2D eigenvalue weighted by Gasteiger charge is 2.49. The SMILES string of the molecule is C[C@H]1CC2CN(C(=O)COC3(c4cccc(Br)c4F)CC3)CC1N2c1ccc(C#N)cn1. The molecule has 1 aromatic heterocycles. The van der Waals surface area contributed by atoms with Crippen molar-refractivity contribution in [3.05, 3.63) is 57.9 Å². The summed E-state index contributed by atoms with van der Waals surface area (Å²) in [7, 11) is 0. The Balaban J connectivity index is 1.26. The van der Waals surface area contributed by atoms with E-state index in [0.29, 0.717) is 47.4 Å². The maximum atomic E-state index is 14.6. The zero-order valence-electron chi connectivity index (χ0n) is 17.8. The van der Waals surface area contributed by atoms with Crippen LogP contribution in [0, 0.1) is 23.1 Å². The van der Waals surface area contributed by atoms with Crippen molar-refractivity contribution in [2.45, 2.75) is 43.9 Å². The Morgan fingerprint density at radius 2 is 2.16 bits per heavy atom. The number of nitriles is 1. The molecule has 1 saturated carbocycles. The lowest BCUT2D eigenvalue weighted by Crippen LogP contribution is -2.57. The summed E-state index contributed by atoms with van der Waals surface area (Å²) >= 11 is 3.24. The molecule has 2 unspecified atom stereocenters. The second-order valence-corrected chi connectivity index (χ2v) is 9.90. The highest BCUT2D eigenvalue weighted by Crippen LogP contribution is 2.50. The van der Waals surface area contributed by atoms with Gasteiger partial charge in [0.1, 0.15) is 24.3 Å². The molecule has 2 bridgehead atoms. The van der Waals surface area contributed by atoms with Crippen LogP contribution in [0.3, 0.4) is 0 Å². The molecule has 3 heterocycles. The molecule has 1 aromatic carbocycles. The predicted octanol–water partition coefficient (Wildman–Crippen LogP) is 3.99. The molecule has 0 N–H and O–H groups in total. The molecule has 0 spiro atoms. The summed E-state index contributed by atoms with van der Waals surface area (Å²) in [6, 6.07) is 11.3. The van der Waals surface area contributed by atoms with E-state index in [9.17, 15) is 9.18 Å². The number of aromatic nitrogens is 1. The number of benzene rings is 1. The summed E-state index contributed by atoms with van der Waals surface area (Å²) in [6.45, 7) is 3.39. The number of anilines is 1. The van der Waals surface area contributed by atoms with Crippen molar-refractivity contribution in [3.63, 3.8) is 0 Å². The summed E-state index contributed by atoms with van der Waals surface area (Å²) in [5.41, 5.74) is 0.366. The van der Waals surface area contributed by atoms with Gasteiger partial charge in [-0.05, 0) is 59.3 Å². The molecule has 0 radical (unpaired) electrons. The van der Waals surface area contributed by atoms with Gasteiger partial charge in [-0.15, -0.1) is 0 Å². The summed E-state index contributed by atoms with van der Waals surface area (Å²) in [4.78, 5) is 21.7. The first-order chi connectivity index (χ1) is 15.4. The Labute approximate surface area is 195 Å². The quantitative estimate of drug-likeness (QED) is 0.623. The Morgan fingerprint density at radius 3 is 2.81 bits per heavy atom. The van der Waals surface area contributed by atoms with Gasteiger partial charge in [0.25, 0.3) is 0 Å². The number of rotatable bonds is 5. The summed E-state index contributed by atoms with van der Waals surface area (Å²) in [6.07, 6.45) is 4.02. The van der Waals surface area contributed by atoms with Crippen molar-refractivity contribution in [1.82, 2.24) is 9.88 Å². The lowest BCUT2D eigenvalue weighted by molar-refractivity contribution is -0.140. The molecule has 8 heteroatoms. The zero-order chi connectivity index (χ0) is 22.5. The number of fused-ring (bicyclic) bond motifs is 2. The van der Waals surface area contributed by atoms with Crippen molar-refractivity contribution in [2.24, 2.45) is 5.92 Å². The molecule has 3 fully saturated rings. The third kappa shape index (κ3) is 3.67. The topological polar surface area (TPSA) is 69.5 Å². The number of halogens is 2. The monoisotopic (exact) mass is 498 g/mol. The number of hydrogen-bond acceptors (Lipinski definition) is 5. The van der Waals surface area contributed by atoms with Gasteiger partial charge in [-0.3, -0.25) is 4.79 Å². The van der Waals surface area contributed by atoms with Gasteiger partial charge in [0.05, 0.1) is 21.7 Å². The average Bonchev–Trinajstić information content (AvgIpc) is 3.56. The van der Waals surface area contributed by atoms with E-state index in [1.54, 1.807) is 30.5 Å². The van der Waals surface area contributed by atoms with Crippen LogP contribution in [0.2, 0.25) is 0 Å². The predicted molar refractivity (Wildman–Crippen MR) is 120 cm³/mol. The molecule has 3 atom stereocenters. The number of hydrogen-bond donors (Lipinski definition) is 0. The van der Waals surface area contributed by atoms with E-state index in [1.165, 1.54) is 0 Å². The smallest absolute Gasteiger partial charge is 0.248 e. The minimum absolute atomic E-state index is 0.0467. The number of carbonyl (C=O) groups is 1. The summed E-state index contributed by atoms with van der Waals surface area (Å²) in [5.74, 6) is 0.923. The number of piperazine rings is 1. The van der Waals surface area contributed by atoms with Gasteiger partial charge in [-0.25, -0.2) is 9.37 Å². The van der Waals surface area contributed by atoms with Gasteiger partial charge in [0, 0.05) is 30.9 Å². The van der Waals surface area contributed by atoms with Crippen molar-refractivity contribution >= 4 is 27.7 Å². The number of nitrogens with zero attached hydrogens (tertiary/aromatic N) is 4. The van der Waals surface area contributed by atoms with E-state index in [1.807, 2.05) is 11.0 Å². The van der Waals surface area contributed by atoms with Gasteiger partial charge in [-0.1, -0.05) is 19.1 Å². The Kier molecular flexibility index (Phi) is 5.42. The highest BCUT2D eigenvalue weighted by molar-refractivity contribution is 9.10. The summed E-state index contributed by atoms with van der Waals surface area (Å²) in [5, 5.41) is 9.02. The minimum Gasteiger partial charge on any atom is -0.360 e. The van der Waals surface area contributed by atoms with Crippen LogP contribution in [0.5, 0.6) is 0 Å². The molecule has 1 aliphatic carbocycles. The second kappa shape index (κ2) is 8.13. The van der Waals surface area contributed by atoms with Crippen LogP contribution < -0.4 is 4.90 Å². The lowest BCUT2D eigenvalue weighted by atomic mass is 10.0. The van der Waals surface area contributed by atoms with E-state index >= 15 is 0 Å². The Hall–Kier alpha value is -2.50. The average molecular weight is 499 g/mol. The Bertz CT molecular complexity index is 1080. The van der Waals surface area contributed by atoms with Crippen LogP contribution >= 0.6 is 15.9 Å². The molecule has 6 nitrogen and oxygen atoms in total. The van der Waals surface area contributed by atoms with Crippen molar-refractivity contribution in [2.75, 3.05) is 24.6 Å². The van der Waals surface area contributed by atoms with Crippen LogP contribution in [-0.4, -0.2) is 47.6 Å². The van der Waals surface area contributed by atoms with E-state index in [0.717, 1.165) is 12.2 Å². The molecular weight excluding hydrogens is 475 g/mol. The van der Waals surface area contributed by atoms with Crippen molar-refractivity contribution < 1.29 is 13.9 Å². The Morgan fingerprint density at radius 1 is 1.34 bits per heavy atom. The van der Waals surface area contributed by atoms with Gasteiger partial charge in [-0.2, -0.15) is 5.26 Å². The van der Waals surface area contributed by atoms with Gasteiger partial charge in [0.15, 0.2) is 0 Å².